The molecule has 0 unspecified atom stereocenters. The van der Waals surface area contributed by atoms with Gasteiger partial charge in [0.1, 0.15) is 0 Å². The molecule has 2 rings (SSSR count). The number of rotatable bonds is 5. The fourth-order valence-corrected chi connectivity index (χ4v) is 5.07. The summed E-state index contributed by atoms with van der Waals surface area (Å²) >= 11 is 0.863. The van der Waals surface area contributed by atoms with Crippen molar-refractivity contribution in [2.24, 2.45) is 0 Å². The lowest BCUT2D eigenvalue weighted by Crippen LogP contribution is -2.23. The largest absolute Gasteiger partial charge is 0.350 e. The fourth-order valence-electron chi connectivity index (χ4n) is 2.07. The normalized spacial score (nSPS) is 16.7. The average Bonchev–Trinajstić information content (AvgIpc) is 3.05. The SMILES string of the molecule is CCCNC(=O)c1nnc(S(=O)(=O)C2CCCC2)s1. The van der Waals surface area contributed by atoms with Gasteiger partial charge in [0, 0.05) is 6.54 Å². The first-order valence-electron chi connectivity index (χ1n) is 6.41. The summed E-state index contributed by atoms with van der Waals surface area (Å²) in [5.74, 6) is -0.354. The van der Waals surface area contributed by atoms with Gasteiger partial charge in [-0.05, 0) is 19.3 Å². The second-order valence-electron chi connectivity index (χ2n) is 4.58. The number of hydrogen-bond acceptors (Lipinski definition) is 6. The van der Waals surface area contributed by atoms with E-state index in [0.29, 0.717) is 19.4 Å². The Balaban J connectivity index is 2.14. The van der Waals surface area contributed by atoms with Crippen LogP contribution in [0.2, 0.25) is 0 Å². The summed E-state index contributed by atoms with van der Waals surface area (Å²) in [6.07, 6.45) is 4.05. The third-order valence-electron chi connectivity index (χ3n) is 3.12. The Morgan fingerprint density at radius 2 is 2.05 bits per heavy atom. The van der Waals surface area contributed by atoms with Crippen molar-refractivity contribution in [1.82, 2.24) is 15.5 Å². The van der Waals surface area contributed by atoms with Gasteiger partial charge >= 0.3 is 0 Å². The molecule has 0 spiro atoms. The van der Waals surface area contributed by atoms with Gasteiger partial charge in [-0.15, -0.1) is 10.2 Å². The molecule has 1 aromatic rings. The van der Waals surface area contributed by atoms with Crippen LogP contribution in [0, 0.1) is 0 Å². The van der Waals surface area contributed by atoms with Crippen LogP contribution in [-0.4, -0.2) is 36.3 Å². The van der Waals surface area contributed by atoms with Gasteiger partial charge in [0.05, 0.1) is 5.25 Å². The number of carbonyl (C=O) groups excluding carboxylic acids is 1. The van der Waals surface area contributed by atoms with Crippen LogP contribution in [0.4, 0.5) is 0 Å². The van der Waals surface area contributed by atoms with Crippen LogP contribution < -0.4 is 5.32 Å². The summed E-state index contributed by atoms with van der Waals surface area (Å²) in [4.78, 5) is 11.7. The van der Waals surface area contributed by atoms with E-state index >= 15 is 0 Å². The van der Waals surface area contributed by atoms with Gasteiger partial charge in [-0.25, -0.2) is 8.42 Å². The van der Waals surface area contributed by atoms with E-state index in [-0.39, 0.29) is 20.5 Å². The molecule has 0 aliphatic heterocycles. The molecule has 8 heteroatoms. The molecule has 0 aromatic carbocycles. The molecule has 1 saturated carbocycles. The van der Waals surface area contributed by atoms with Crippen molar-refractivity contribution in [1.29, 1.82) is 0 Å². The van der Waals surface area contributed by atoms with E-state index in [1.165, 1.54) is 0 Å². The molecule has 106 valence electrons. The Bertz CT molecular complexity index is 547. The quantitative estimate of drug-likeness (QED) is 0.888. The molecule has 1 N–H and O–H groups in total. The Morgan fingerprint density at radius 3 is 2.68 bits per heavy atom. The Morgan fingerprint density at radius 1 is 1.37 bits per heavy atom. The van der Waals surface area contributed by atoms with Crippen molar-refractivity contribution in [2.75, 3.05) is 6.54 Å². The minimum absolute atomic E-state index is 0.0268. The van der Waals surface area contributed by atoms with Crippen molar-refractivity contribution in [3.8, 4) is 0 Å². The van der Waals surface area contributed by atoms with Crippen molar-refractivity contribution >= 4 is 27.1 Å². The van der Waals surface area contributed by atoms with Gasteiger partial charge in [-0.1, -0.05) is 31.1 Å². The molecule has 0 bridgehead atoms. The molecule has 0 saturated heterocycles. The maximum Gasteiger partial charge on any atom is 0.282 e. The van der Waals surface area contributed by atoms with E-state index in [1.54, 1.807) is 0 Å². The molecule has 0 radical (unpaired) electrons. The molecular weight excluding hydrogens is 286 g/mol. The highest BCUT2D eigenvalue weighted by Crippen LogP contribution is 2.30. The maximum atomic E-state index is 12.3. The predicted octanol–water partition coefficient (Wildman–Crippen LogP) is 1.39. The standard InChI is InChI=1S/C11H17N3O3S2/c1-2-7-12-9(15)10-13-14-11(18-10)19(16,17)8-5-3-4-6-8/h8H,2-7H2,1H3,(H,12,15). The number of hydrogen-bond donors (Lipinski definition) is 1. The van der Waals surface area contributed by atoms with E-state index < -0.39 is 9.84 Å². The number of sulfone groups is 1. The number of aromatic nitrogens is 2. The van der Waals surface area contributed by atoms with Crippen LogP contribution in [0.15, 0.2) is 4.34 Å². The molecule has 1 heterocycles. The second kappa shape index (κ2) is 5.96. The zero-order valence-corrected chi connectivity index (χ0v) is 12.4. The topological polar surface area (TPSA) is 89.0 Å². The van der Waals surface area contributed by atoms with Crippen LogP contribution in [0.3, 0.4) is 0 Å². The minimum atomic E-state index is -3.41. The maximum absolute atomic E-state index is 12.3. The third-order valence-corrected chi connectivity index (χ3v) is 6.70. The lowest BCUT2D eigenvalue weighted by atomic mass is 10.4. The van der Waals surface area contributed by atoms with Gasteiger partial charge in [0.25, 0.3) is 5.91 Å². The van der Waals surface area contributed by atoms with Gasteiger partial charge in [0.15, 0.2) is 0 Å². The molecule has 1 fully saturated rings. The first-order chi connectivity index (χ1) is 9.05. The van der Waals surface area contributed by atoms with E-state index in [4.69, 9.17) is 0 Å². The summed E-state index contributed by atoms with van der Waals surface area (Å²) in [6.45, 7) is 2.49. The van der Waals surface area contributed by atoms with E-state index in [2.05, 4.69) is 15.5 Å². The Hall–Kier alpha value is -1.02. The molecule has 1 aliphatic carbocycles. The fraction of sp³-hybridized carbons (Fsp3) is 0.727. The van der Waals surface area contributed by atoms with Crippen LogP contribution in [-0.2, 0) is 9.84 Å². The molecule has 6 nitrogen and oxygen atoms in total. The van der Waals surface area contributed by atoms with Gasteiger partial charge in [-0.2, -0.15) is 0 Å². The summed E-state index contributed by atoms with van der Waals surface area (Å²) in [7, 11) is -3.41. The molecule has 1 amide bonds. The molecule has 1 aromatic heterocycles. The summed E-state index contributed by atoms with van der Waals surface area (Å²) in [6, 6.07) is 0. The predicted molar refractivity (Wildman–Crippen MR) is 72.0 cm³/mol. The van der Waals surface area contributed by atoms with Crippen LogP contribution in [0.1, 0.15) is 48.8 Å². The summed E-state index contributed by atoms with van der Waals surface area (Å²) in [5.41, 5.74) is 0. The van der Waals surface area contributed by atoms with Crippen LogP contribution in [0.5, 0.6) is 0 Å². The van der Waals surface area contributed by atoms with E-state index in [9.17, 15) is 13.2 Å². The first-order valence-corrected chi connectivity index (χ1v) is 8.77. The average molecular weight is 303 g/mol. The van der Waals surface area contributed by atoms with Gasteiger partial charge in [-0.3, -0.25) is 4.79 Å². The van der Waals surface area contributed by atoms with E-state index in [0.717, 1.165) is 30.6 Å². The van der Waals surface area contributed by atoms with Crippen molar-refractivity contribution < 1.29 is 13.2 Å². The highest BCUT2D eigenvalue weighted by molar-refractivity contribution is 7.93. The molecular formula is C11H17N3O3S2. The minimum Gasteiger partial charge on any atom is -0.350 e. The smallest absolute Gasteiger partial charge is 0.282 e. The Labute approximate surface area is 116 Å². The lowest BCUT2D eigenvalue weighted by molar-refractivity contribution is 0.0952. The second-order valence-corrected chi connectivity index (χ2v) is 7.96. The highest BCUT2D eigenvalue weighted by atomic mass is 32.2. The summed E-state index contributed by atoms with van der Waals surface area (Å²) < 4.78 is 24.5. The Kier molecular flexibility index (Phi) is 4.51. The lowest BCUT2D eigenvalue weighted by Gasteiger charge is -2.06. The summed E-state index contributed by atoms with van der Waals surface area (Å²) in [5, 5.41) is 9.78. The highest BCUT2D eigenvalue weighted by Gasteiger charge is 2.33. The van der Waals surface area contributed by atoms with Crippen molar-refractivity contribution in [3.63, 3.8) is 0 Å². The number of nitrogens with zero attached hydrogens (tertiary/aromatic N) is 2. The van der Waals surface area contributed by atoms with Crippen LogP contribution >= 0.6 is 11.3 Å². The molecule has 0 atom stereocenters. The molecule has 1 aliphatic rings. The monoisotopic (exact) mass is 303 g/mol. The zero-order valence-electron chi connectivity index (χ0n) is 10.8. The van der Waals surface area contributed by atoms with Crippen molar-refractivity contribution in [3.05, 3.63) is 5.01 Å². The van der Waals surface area contributed by atoms with E-state index in [1.807, 2.05) is 6.92 Å². The zero-order chi connectivity index (χ0) is 13.9. The third kappa shape index (κ3) is 3.11. The van der Waals surface area contributed by atoms with Gasteiger partial charge < -0.3 is 5.32 Å². The molecule has 19 heavy (non-hydrogen) atoms. The number of nitrogens with one attached hydrogen (secondary N) is 1. The van der Waals surface area contributed by atoms with Crippen molar-refractivity contribution in [2.45, 2.75) is 48.6 Å². The number of amides is 1. The van der Waals surface area contributed by atoms with Crippen LogP contribution in [0.25, 0.3) is 0 Å². The number of carbonyl (C=O) groups is 1. The van der Waals surface area contributed by atoms with Gasteiger partial charge in [0.2, 0.25) is 19.2 Å². The first kappa shape index (κ1) is 14.4.